The van der Waals surface area contributed by atoms with E-state index in [2.05, 4.69) is 5.32 Å². The summed E-state index contributed by atoms with van der Waals surface area (Å²) in [6.45, 7) is 1.46. The lowest BCUT2D eigenvalue weighted by Crippen LogP contribution is -2.42. The van der Waals surface area contributed by atoms with Crippen molar-refractivity contribution >= 4 is 17.7 Å². The van der Waals surface area contributed by atoms with E-state index in [1.165, 1.54) is 24.3 Å². The monoisotopic (exact) mass is 260 g/mol. The third kappa shape index (κ3) is 6.29. The molecule has 0 aromatic carbocycles. The fourth-order valence-electron chi connectivity index (χ4n) is 1.91. The Hall–Kier alpha value is -0.260. The molecular weight excluding hydrogens is 236 g/mol. The maximum atomic E-state index is 11.7. The van der Waals surface area contributed by atoms with Crippen LogP contribution in [0.3, 0.4) is 0 Å². The van der Waals surface area contributed by atoms with Crippen LogP contribution in [0.5, 0.6) is 0 Å². The second-order valence-electron chi connectivity index (χ2n) is 4.54. The van der Waals surface area contributed by atoms with Crippen molar-refractivity contribution in [3.8, 4) is 0 Å². The smallest absolute Gasteiger partial charge is 0.236 e. The minimum absolute atomic E-state index is 0.0145. The van der Waals surface area contributed by atoms with Crippen LogP contribution in [0.25, 0.3) is 0 Å². The number of hydrogen-bond donors (Lipinski definition) is 2. The van der Waals surface area contributed by atoms with Crippen molar-refractivity contribution < 1.29 is 9.53 Å². The molecule has 0 spiro atoms. The van der Waals surface area contributed by atoms with E-state index in [0.29, 0.717) is 18.9 Å². The molecule has 1 aliphatic rings. The van der Waals surface area contributed by atoms with Crippen LogP contribution in [-0.2, 0) is 9.53 Å². The standard InChI is InChI=1S/C12H24N2O2S/c1-16-6-2-3-11(13)12(15)14-9-10-4-7-17-8-5-10/h10-11H,2-9,13H2,1H3,(H,14,15). The second kappa shape index (κ2) is 8.78. The first-order valence-electron chi connectivity index (χ1n) is 6.34. The second-order valence-corrected chi connectivity index (χ2v) is 5.77. The molecule has 1 atom stereocenters. The first kappa shape index (κ1) is 14.8. The summed E-state index contributed by atoms with van der Waals surface area (Å²) in [6, 6.07) is -0.386. The Balaban J connectivity index is 2.10. The zero-order valence-electron chi connectivity index (χ0n) is 10.6. The Labute approximate surface area is 108 Å². The number of ether oxygens (including phenoxy) is 1. The summed E-state index contributed by atoms with van der Waals surface area (Å²) in [5, 5.41) is 2.97. The fraction of sp³-hybridized carbons (Fsp3) is 0.917. The van der Waals surface area contributed by atoms with Crippen molar-refractivity contribution in [3.63, 3.8) is 0 Å². The highest BCUT2D eigenvalue weighted by molar-refractivity contribution is 7.99. The Kier molecular flexibility index (Phi) is 7.64. The lowest BCUT2D eigenvalue weighted by molar-refractivity contribution is -0.122. The van der Waals surface area contributed by atoms with Gasteiger partial charge in [-0.1, -0.05) is 0 Å². The van der Waals surface area contributed by atoms with Gasteiger partial charge in [0.1, 0.15) is 0 Å². The SMILES string of the molecule is COCCCC(N)C(=O)NCC1CCSCC1. The average Bonchev–Trinajstić information content (AvgIpc) is 2.37. The number of carbonyl (C=O) groups excluding carboxylic acids is 1. The van der Waals surface area contributed by atoms with Gasteiger partial charge in [0.15, 0.2) is 0 Å². The molecule has 1 fully saturated rings. The van der Waals surface area contributed by atoms with Crippen molar-refractivity contribution in [3.05, 3.63) is 0 Å². The first-order chi connectivity index (χ1) is 8.24. The zero-order valence-corrected chi connectivity index (χ0v) is 11.4. The van der Waals surface area contributed by atoms with Crippen molar-refractivity contribution in [1.29, 1.82) is 0 Å². The summed E-state index contributed by atoms with van der Waals surface area (Å²) in [5.41, 5.74) is 5.80. The molecule has 1 saturated heterocycles. The van der Waals surface area contributed by atoms with E-state index < -0.39 is 0 Å². The summed E-state index contributed by atoms with van der Waals surface area (Å²) >= 11 is 2.00. The van der Waals surface area contributed by atoms with Gasteiger partial charge in [0.2, 0.25) is 5.91 Å². The lowest BCUT2D eigenvalue weighted by atomic mass is 10.0. The van der Waals surface area contributed by atoms with Crippen LogP contribution in [0.1, 0.15) is 25.7 Å². The van der Waals surface area contributed by atoms with Crippen LogP contribution in [0.2, 0.25) is 0 Å². The van der Waals surface area contributed by atoms with Gasteiger partial charge in [-0.15, -0.1) is 0 Å². The zero-order chi connectivity index (χ0) is 12.5. The Morgan fingerprint density at radius 2 is 2.24 bits per heavy atom. The molecule has 17 heavy (non-hydrogen) atoms. The molecule has 0 bridgehead atoms. The summed E-state index contributed by atoms with van der Waals surface area (Å²) in [4.78, 5) is 11.7. The van der Waals surface area contributed by atoms with E-state index in [1.807, 2.05) is 11.8 Å². The van der Waals surface area contributed by atoms with Gasteiger partial charge in [-0.05, 0) is 43.1 Å². The lowest BCUT2D eigenvalue weighted by Gasteiger charge is -2.22. The number of rotatable bonds is 7. The summed E-state index contributed by atoms with van der Waals surface area (Å²) in [7, 11) is 1.66. The van der Waals surface area contributed by atoms with E-state index in [0.717, 1.165) is 13.0 Å². The number of nitrogens with one attached hydrogen (secondary N) is 1. The number of carbonyl (C=O) groups is 1. The molecule has 1 aliphatic heterocycles. The molecule has 5 heteroatoms. The minimum Gasteiger partial charge on any atom is -0.385 e. The summed E-state index contributed by atoms with van der Waals surface area (Å²) in [6.07, 6.45) is 3.96. The summed E-state index contributed by atoms with van der Waals surface area (Å²) < 4.78 is 4.94. The van der Waals surface area contributed by atoms with E-state index in [9.17, 15) is 4.79 Å². The Bertz CT molecular complexity index is 221. The summed E-state index contributed by atoms with van der Waals surface area (Å²) in [5.74, 6) is 3.08. The Morgan fingerprint density at radius 3 is 2.88 bits per heavy atom. The third-order valence-corrected chi connectivity index (χ3v) is 4.15. The van der Waals surface area contributed by atoms with Gasteiger partial charge >= 0.3 is 0 Å². The van der Waals surface area contributed by atoms with E-state index in [4.69, 9.17) is 10.5 Å². The predicted octanol–water partition coefficient (Wildman–Crippen LogP) is 1.000. The quantitative estimate of drug-likeness (QED) is 0.670. The third-order valence-electron chi connectivity index (χ3n) is 3.11. The van der Waals surface area contributed by atoms with E-state index in [1.54, 1.807) is 7.11 Å². The van der Waals surface area contributed by atoms with Crippen molar-refractivity contribution in [2.45, 2.75) is 31.7 Å². The molecule has 1 unspecified atom stereocenters. The highest BCUT2D eigenvalue weighted by atomic mass is 32.2. The molecular formula is C12H24N2O2S. The number of hydrogen-bond acceptors (Lipinski definition) is 4. The minimum atomic E-state index is -0.386. The van der Waals surface area contributed by atoms with E-state index >= 15 is 0 Å². The molecule has 3 N–H and O–H groups in total. The van der Waals surface area contributed by atoms with Gasteiger partial charge in [-0.3, -0.25) is 4.79 Å². The molecule has 1 heterocycles. The highest BCUT2D eigenvalue weighted by Crippen LogP contribution is 2.21. The van der Waals surface area contributed by atoms with Gasteiger partial charge in [0.05, 0.1) is 6.04 Å². The molecule has 4 nitrogen and oxygen atoms in total. The van der Waals surface area contributed by atoms with Crippen LogP contribution in [-0.4, -0.2) is 43.7 Å². The average molecular weight is 260 g/mol. The molecule has 0 aliphatic carbocycles. The number of nitrogens with two attached hydrogens (primary N) is 1. The Morgan fingerprint density at radius 1 is 1.53 bits per heavy atom. The topological polar surface area (TPSA) is 64.3 Å². The molecule has 0 aromatic heterocycles. The van der Waals surface area contributed by atoms with Crippen LogP contribution in [0, 0.1) is 5.92 Å². The van der Waals surface area contributed by atoms with Crippen molar-refractivity contribution in [2.24, 2.45) is 11.7 Å². The van der Waals surface area contributed by atoms with Crippen LogP contribution < -0.4 is 11.1 Å². The van der Waals surface area contributed by atoms with Crippen molar-refractivity contribution in [1.82, 2.24) is 5.32 Å². The molecule has 1 amide bonds. The molecule has 0 radical (unpaired) electrons. The maximum absolute atomic E-state index is 11.7. The van der Waals surface area contributed by atoms with Gasteiger partial charge in [-0.2, -0.15) is 11.8 Å². The van der Waals surface area contributed by atoms with Gasteiger partial charge in [0.25, 0.3) is 0 Å². The molecule has 0 aromatic rings. The largest absolute Gasteiger partial charge is 0.385 e. The van der Waals surface area contributed by atoms with Gasteiger partial charge in [-0.25, -0.2) is 0 Å². The van der Waals surface area contributed by atoms with Gasteiger partial charge < -0.3 is 15.8 Å². The molecule has 100 valence electrons. The molecule has 1 rings (SSSR count). The van der Waals surface area contributed by atoms with Crippen LogP contribution in [0.15, 0.2) is 0 Å². The van der Waals surface area contributed by atoms with Crippen molar-refractivity contribution in [2.75, 3.05) is 31.8 Å². The molecule has 0 saturated carbocycles. The maximum Gasteiger partial charge on any atom is 0.236 e. The van der Waals surface area contributed by atoms with Gasteiger partial charge in [0, 0.05) is 20.3 Å². The van der Waals surface area contributed by atoms with Crippen LogP contribution in [0.4, 0.5) is 0 Å². The highest BCUT2D eigenvalue weighted by Gasteiger charge is 2.17. The van der Waals surface area contributed by atoms with E-state index in [-0.39, 0.29) is 11.9 Å². The van der Waals surface area contributed by atoms with Crippen LogP contribution >= 0.6 is 11.8 Å². The number of thioether (sulfide) groups is 1. The first-order valence-corrected chi connectivity index (χ1v) is 7.49. The fourth-order valence-corrected chi connectivity index (χ4v) is 3.11. The number of amides is 1. The predicted molar refractivity (Wildman–Crippen MR) is 72.1 cm³/mol. The normalized spacial score (nSPS) is 18.9. The number of methoxy groups -OCH3 is 1.